The zero-order valence-corrected chi connectivity index (χ0v) is 12.2. The molecule has 0 aliphatic carbocycles. The molecule has 0 N–H and O–H groups in total. The standard InChI is InChI=1S/C9H9O2.BF3.K/c1-11-9-4-2-3-8(7-9)5-6-10;2-1(3)4;/h2-4,7H,5H2,1H3;;/q-1;;+1. The number of rotatable bonds is 3. The average molecular weight is 256 g/mol. The van der Waals surface area contributed by atoms with Gasteiger partial charge in [0.1, 0.15) is 5.75 Å². The molecule has 0 unspecified atom stereocenters. The van der Waals surface area contributed by atoms with Crippen LogP contribution in [0.25, 0.3) is 0 Å². The van der Waals surface area contributed by atoms with Gasteiger partial charge in [-0.05, 0) is 12.1 Å². The van der Waals surface area contributed by atoms with Crippen LogP contribution >= 0.6 is 0 Å². The molecule has 0 spiro atoms. The quantitative estimate of drug-likeness (QED) is 0.524. The minimum absolute atomic E-state index is 0. The van der Waals surface area contributed by atoms with Gasteiger partial charge in [0.2, 0.25) is 0 Å². The maximum atomic E-state index is 10.0. The first-order valence-electron chi connectivity index (χ1n) is 4.00. The summed E-state index contributed by atoms with van der Waals surface area (Å²) in [4.78, 5) is 10.0. The van der Waals surface area contributed by atoms with Gasteiger partial charge in [-0.3, -0.25) is 19.2 Å². The Hall–Kier alpha value is 0.181. The molecule has 0 saturated carbocycles. The zero-order chi connectivity index (χ0) is 11.7. The van der Waals surface area contributed by atoms with Crippen LogP contribution in [-0.4, -0.2) is 20.9 Å². The molecule has 2 nitrogen and oxygen atoms in total. The average Bonchev–Trinajstić information content (AvgIpc) is 2.18. The fourth-order valence-electron chi connectivity index (χ4n) is 0.866. The molecule has 0 aliphatic heterocycles. The summed E-state index contributed by atoms with van der Waals surface area (Å²) < 4.78 is 34.0. The maximum absolute atomic E-state index is 10.0. The Labute approximate surface area is 135 Å². The van der Waals surface area contributed by atoms with Gasteiger partial charge in [-0.1, -0.05) is 17.7 Å². The molecule has 1 aromatic rings. The van der Waals surface area contributed by atoms with E-state index in [0.29, 0.717) is 6.42 Å². The molecule has 0 saturated heterocycles. The summed E-state index contributed by atoms with van der Waals surface area (Å²) in [5, 5.41) is 0. The van der Waals surface area contributed by atoms with Crippen molar-refractivity contribution in [1.82, 2.24) is 0 Å². The number of carbonyl (C=O) groups excluding carboxylic acids is 1. The molecule has 1 aromatic carbocycles. The smallest absolute Gasteiger partial charge is 0.541 e. The first kappa shape index (κ1) is 18.5. The van der Waals surface area contributed by atoms with Crippen LogP contribution in [0.3, 0.4) is 0 Å². The topological polar surface area (TPSA) is 26.3 Å². The van der Waals surface area contributed by atoms with Crippen LogP contribution < -0.4 is 56.1 Å². The van der Waals surface area contributed by atoms with E-state index in [1.54, 1.807) is 7.11 Å². The van der Waals surface area contributed by atoms with Gasteiger partial charge < -0.3 is 9.53 Å². The van der Waals surface area contributed by atoms with Crippen molar-refractivity contribution in [3.63, 3.8) is 0 Å². The molecule has 0 fully saturated rings. The Morgan fingerprint density at radius 2 is 1.94 bits per heavy atom. The Kier molecular flexibility index (Phi) is 13.5. The van der Waals surface area contributed by atoms with Crippen LogP contribution in [0.2, 0.25) is 0 Å². The van der Waals surface area contributed by atoms with Crippen molar-refractivity contribution in [3.05, 3.63) is 29.8 Å². The van der Waals surface area contributed by atoms with Crippen molar-refractivity contribution in [2.45, 2.75) is 6.42 Å². The summed E-state index contributed by atoms with van der Waals surface area (Å²) >= 11 is 0. The summed E-state index contributed by atoms with van der Waals surface area (Å²) in [5.74, 6) is 0.776. The molecule has 82 valence electrons. The van der Waals surface area contributed by atoms with Gasteiger partial charge in [0.15, 0.2) is 0 Å². The van der Waals surface area contributed by atoms with E-state index < -0.39 is 7.54 Å². The van der Waals surface area contributed by atoms with E-state index in [-0.39, 0.29) is 51.4 Å². The minimum Gasteiger partial charge on any atom is -0.541 e. The second-order valence-electron chi connectivity index (χ2n) is 2.42. The fourth-order valence-corrected chi connectivity index (χ4v) is 0.866. The molecule has 0 bridgehead atoms. The van der Waals surface area contributed by atoms with Crippen molar-refractivity contribution >= 4 is 13.8 Å². The monoisotopic (exact) mass is 256 g/mol. The fraction of sp³-hybridized carbons (Fsp3) is 0.222. The predicted octanol–water partition coefficient (Wildman–Crippen LogP) is -0.769. The third-order valence-corrected chi connectivity index (χ3v) is 1.41. The number of ether oxygens (including phenoxy) is 1. The first-order valence-corrected chi connectivity index (χ1v) is 4.00. The third-order valence-electron chi connectivity index (χ3n) is 1.41. The number of halogens is 3. The molecule has 0 aromatic heterocycles. The zero-order valence-electron chi connectivity index (χ0n) is 9.04. The van der Waals surface area contributed by atoms with Gasteiger partial charge in [0.05, 0.1) is 7.11 Å². The molecule has 7 heteroatoms. The molecular weight excluding hydrogens is 247 g/mol. The van der Waals surface area contributed by atoms with E-state index >= 15 is 0 Å². The Morgan fingerprint density at radius 1 is 1.38 bits per heavy atom. The second-order valence-corrected chi connectivity index (χ2v) is 2.42. The van der Waals surface area contributed by atoms with Crippen LogP contribution in [0.4, 0.5) is 12.9 Å². The van der Waals surface area contributed by atoms with E-state index in [0.717, 1.165) is 11.3 Å². The largest absolute Gasteiger partial charge is 1.00 e. The number of methoxy groups -OCH3 is 1. The Balaban J connectivity index is 0. The van der Waals surface area contributed by atoms with Crippen molar-refractivity contribution in [3.8, 4) is 5.75 Å². The predicted molar refractivity (Wildman–Crippen MR) is 51.5 cm³/mol. The van der Waals surface area contributed by atoms with Gasteiger partial charge in [-0.15, -0.1) is 6.42 Å². The molecule has 16 heavy (non-hydrogen) atoms. The minimum atomic E-state index is -3.67. The van der Waals surface area contributed by atoms with Gasteiger partial charge in [0, 0.05) is 0 Å². The molecule has 1 rings (SSSR count). The van der Waals surface area contributed by atoms with Gasteiger partial charge in [-0.25, -0.2) is 0 Å². The van der Waals surface area contributed by atoms with Crippen molar-refractivity contribution in [2.24, 2.45) is 0 Å². The Bertz CT molecular complexity index is 297. The van der Waals surface area contributed by atoms with Crippen molar-refractivity contribution in [2.75, 3.05) is 7.11 Å². The second kappa shape index (κ2) is 11.7. The van der Waals surface area contributed by atoms with Gasteiger partial charge >= 0.3 is 58.9 Å². The van der Waals surface area contributed by atoms with Gasteiger partial charge in [0.25, 0.3) is 0 Å². The first-order chi connectivity index (χ1) is 7.10. The van der Waals surface area contributed by atoms with Crippen LogP contribution in [0, 0.1) is 0 Å². The van der Waals surface area contributed by atoms with E-state index in [9.17, 15) is 17.7 Å². The molecule has 0 atom stereocenters. The van der Waals surface area contributed by atoms with E-state index in [4.69, 9.17) is 4.74 Å². The number of hydrogen-bond donors (Lipinski definition) is 0. The van der Waals surface area contributed by atoms with Crippen molar-refractivity contribution in [1.29, 1.82) is 0 Å². The van der Waals surface area contributed by atoms with E-state index in [2.05, 4.69) is 0 Å². The van der Waals surface area contributed by atoms with Gasteiger partial charge in [-0.2, -0.15) is 0 Å². The third kappa shape index (κ3) is 10.7. The Morgan fingerprint density at radius 3 is 2.38 bits per heavy atom. The summed E-state index contributed by atoms with van der Waals surface area (Å²) in [6, 6.07) is 7.39. The molecule has 0 heterocycles. The molecule has 0 aliphatic rings. The van der Waals surface area contributed by atoms with Crippen molar-refractivity contribution < 1.29 is 73.9 Å². The van der Waals surface area contributed by atoms with Crippen LogP contribution in [0.15, 0.2) is 24.3 Å². The molecule has 0 amide bonds. The summed E-state index contributed by atoms with van der Waals surface area (Å²) in [7, 11) is -2.07. The normalized spacial score (nSPS) is 8.00. The molecular formula is C9H9BF3KO2. The van der Waals surface area contributed by atoms with E-state index in [1.807, 2.05) is 30.6 Å². The number of benzene rings is 1. The summed E-state index contributed by atoms with van der Waals surface area (Å²) in [6.45, 7) is 0. The van der Waals surface area contributed by atoms with Crippen LogP contribution in [-0.2, 0) is 11.2 Å². The summed E-state index contributed by atoms with van der Waals surface area (Å²) in [6.07, 6.45) is 2.16. The van der Waals surface area contributed by atoms with Crippen LogP contribution in [0.5, 0.6) is 5.75 Å². The number of hydrogen-bond acceptors (Lipinski definition) is 2. The van der Waals surface area contributed by atoms with E-state index in [1.165, 1.54) is 0 Å². The van der Waals surface area contributed by atoms with Crippen LogP contribution in [0.1, 0.15) is 5.56 Å². The molecule has 0 radical (unpaired) electrons. The SMILES string of the molecule is COc1cccc(C[C-]=O)c1.FB(F)F.[K+]. The maximum Gasteiger partial charge on any atom is 1.00 e. The summed E-state index contributed by atoms with van der Waals surface area (Å²) in [5.41, 5.74) is 0.930.